The van der Waals surface area contributed by atoms with Crippen LogP contribution in [0.2, 0.25) is 0 Å². The molecule has 4 nitrogen and oxygen atoms in total. The molecule has 2 aliphatic carbocycles. The molecule has 4 atom stereocenters. The minimum Gasteiger partial charge on any atom is -0.480 e. The van der Waals surface area contributed by atoms with Gasteiger partial charge in [0.1, 0.15) is 9.75 Å². The topological polar surface area (TPSA) is 74.6 Å². The number of hydrogen-bond acceptors (Lipinski definition) is 2. The van der Waals surface area contributed by atoms with Gasteiger partial charge in [0, 0.05) is 0 Å². The summed E-state index contributed by atoms with van der Waals surface area (Å²) in [5.74, 6) is -3.85. The van der Waals surface area contributed by atoms with Crippen molar-refractivity contribution in [3.8, 4) is 0 Å². The van der Waals surface area contributed by atoms with Gasteiger partial charge in [-0.15, -0.1) is 46.4 Å². The molecule has 2 N–H and O–H groups in total. The maximum atomic E-state index is 11.7. The lowest BCUT2D eigenvalue weighted by Gasteiger charge is -2.43. The van der Waals surface area contributed by atoms with E-state index in [-0.39, 0.29) is 0 Å². The monoisotopic (exact) mass is 454 g/mol. The molecule has 1 saturated carbocycles. The number of hydrogen-bond donors (Lipinski definition) is 2. The first-order chi connectivity index (χ1) is 9.20. The van der Waals surface area contributed by atoms with Crippen molar-refractivity contribution in [3.63, 3.8) is 0 Å². The van der Waals surface area contributed by atoms with Crippen molar-refractivity contribution in [3.05, 3.63) is 10.1 Å². The van der Waals surface area contributed by atoms with E-state index in [4.69, 9.17) is 92.8 Å². The lowest BCUT2D eigenvalue weighted by molar-refractivity contribution is -0.150. The Bertz CT molecular complexity index is 569. The molecule has 0 amide bonds. The molecule has 4 unspecified atom stereocenters. The van der Waals surface area contributed by atoms with E-state index in [1.165, 1.54) is 0 Å². The smallest absolute Gasteiger partial charge is 0.329 e. The molecule has 0 heterocycles. The molecule has 118 valence electrons. The Kier molecular flexibility index (Phi) is 3.97. The third kappa shape index (κ3) is 1.38. The van der Waals surface area contributed by atoms with E-state index in [1.54, 1.807) is 0 Å². The second-order valence-corrected chi connectivity index (χ2v) is 8.80. The highest BCUT2D eigenvalue weighted by Crippen LogP contribution is 2.81. The summed E-state index contributed by atoms with van der Waals surface area (Å²) in [4.78, 5) is 12.2. The molecule has 1 fully saturated rings. The molecule has 2 rings (SSSR count). The Balaban J connectivity index is 3.08. The molecule has 2 bridgehead atoms. The predicted octanol–water partition coefficient (Wildman–Crippen LogP) is 3.96. The molecule has 21 heavy (non-hydrogen) atoms. The molecule has 0 radical (unpaired) electrons. The van der Waals surface area contributed by atoms with Gasteiger partial charge < -0.3 is 10.2 Å². The Labute approximate surface area is 157 Å². The normalized spacial score (nSPS) is 47.8. The van der Waals surface area contributed by atoms with Gasteiger partial charge in [-0.2, -0.15) is 0 Å². The van der Waals surface area contributed by atoms with Crippen LogP contribution in [0, 0.1) is 0 Å². The number of aliphatic carboxylic acids is 2. The van der Waals surface area contributed by atoms with E-state index in [0.29, 0.717) is 0 Å². The zero-order valence-corrected chi connectivity index (χ0v) is 15.3. The summed E-state index contributed by atoms with van der Waals surface area (Å²) in [6, 6.07) is 0. The van der Waals surface area contributed by atoms with Crippen LogP contribution >= 0.6 is 92.8 Å². The summed E-state index contributed by atoms with van der Waals surface area (Å²) >= 11 is 48.3. The highest BCUT2D eigenvalue weighted by molar-refractivity contribution is 6.73. The van der Waals surface area contributed by atoms with Crippen molar-refractivity contribution >= 4 is 105 Å². The highest BCUT2D eigenvalue weighted by Gasteiger charge is 2.97. The highest BCUT2D eigenvalue weighted by atomic mass is 35.5. The molecule has 0 saturated heterocycles. The van der Waals surface area contributed by atoms with E-state index >= 15 is 0 Å². The third-order valence-electron chi connectivity index (χ3n) is 3.68. The van der Waals surface area contributed by atoms with Crippen LogP contribution in [-0.4, -0.2) is 46.0 Å². The Morgan fingerprint density at radius 2 is 0.952 bits per heavy atom. The van der Waals surface area contributed by atoms with E-state index < -0.39 is 45.8 Å². The van der Waals surface area contributed by atoms with Crippen LogP contribution in [0.15, 0.2) is 10.1 Å². The lowest BCUT2D eigenvalue weighted by atomic mass is 9.80. The summed E-state index contributed by atoms with van der Waals surface area (Å²) in [6.45, 7) is 0. The minimum atomic E-state index is -2.98. The minimum absolute atomic E-state index is 0.583. The molecule has 0 aromatic heterocycles. The van der Waals surface area contributed by atoms with E-state index in [1.807, 2.05) is 0 Å². The molecule has 0 aromatic carbocycles. The summed E-state index contributed by atoms with van der Waals surface area (Å²) in [5.41, 5.74) is 0. The van der Waals surface area contributed by atoms with Crippen molar-refractivity contribution in [1.82, 2.24) is 0 Å². The maximum Gasteiger partial charge on any atom is 0.329 e. The summed E-state index contributed by atoms with van der Waals surface area (Å²) in [6.07, 6.45) is 0. The molecule has 0 aromatic rings. The average molecular weight is 458 g/mol. The van der Waals surface area contributed by atoms with Gasteiger partial charge in [0.25, 0.3) is 0 Å². The maximum absolute atomic E-state index is 11.7. The van der Waals surface area contributed by atoms with E-state index in [0.717, 1.165) is 0 Å². The molecular formula is C9H2Cl8O4. The van der Waals surface area contributed by atoms with Crippen molar-refractivity contribution in [1.29, 1.82) is 0 Å². The first-order valence-corrected chi connectivity index (χ1v) is 7.89. The molecule has 12 heteroatoms. The van der Waals surface area contributed by atoms with Gasteiger partial charge in [-0.3, -0.25) is 9.59 Å². The predicted molar refractivity (Wildman–Crippen MR) is 82.8 cm³/mol. The van der Waals surface area contributed by atoms with Gasteiger partial charge in [-0.1, -0.05) is 46.4 Å². The number of carboxylic acids is 2. The summed E-state index contributed by atoms with van der Waals surface area (Å²) < 4.78 is -2.52. The van der Waals surface area contributed by atoms with Gasteiger partial charge in [-0.25, -0.2) is 0 Å². The van der Waals surface area contributed by atoms with Gasteiger partial charge >= 0.3 is 11.9 Å². The van der Waals surface area contributed by atoms with Crippen molar-refractivity contribution in [2.75, 3.05) is 0 Å². The van der Waals surface area contributed by atoms with Crippen molar-refractivity contribution < 1.29 is 19.8 Å². The van der Waals surface area contributed by atoms with Crippen molar-refractivity contribution in [2.24, 2.45) is 0 Å². The van der Waals surface area contributed by atoms with Gasteiger partial charge in [-0.05, 0) is 0 Å². The number of carbonyl (C=O) groups is 2. The van der Waals surface area contributed by atoms with Crippen LogP contribution in [-0.2, 0) is 9.59 Å². The lowest BCUT2D eigenvalue weighted by Crippen LogP contribution is -2.68. The van der Waals surface area contributed by atoms with E-state index in [2.05, 4.69) is 0 Å². The molecule has 0 spiro atoms. The molecular weight excluding hydrogens is 456 g/mol. The first kappa shape index (κ1) is 18.3. The Hall–Kier alpha value is 1.00. The summed E-state index contributed by atoms with van der Waals surface area (Å²) in [5, 5.41) is 17.7. The zero-order valence-electron chi connectivity index (χ0n) is 9.23. The van der Waals surface area contributed by atoms with Crippen LogP contribution in [0.5, 0.6) is 0 Å². The number of allylic oxidation sites excluding steroid dienone is 2. The molecule has 0 aliphatic heterocycles. The van der Waals surface area contributed by atoms with Crippen LogP contribution in [0.3, 0.4) is 0 Å². The fourth-order valence-electron chi connectivity index (χ4n) is 2.61. The van der Waals surface area contributed by atoms with Crippen LogP contribution < -0.4 is 0 Å². The van der Waals surface area contributed by atoms with Crippen LogP contribution in [0.1, 0.15) is 0 Å². The van der Waals surface area contributed by atoms with Gasteiger partial charge in [0.05, 0.1) is 10.1 Å². The number of fused-ring (bicyclic) bond motifs is 2. The second kappa shape index (κ2) is 4.54. The second-order valence-electron chi connectivity index (χ2n) is 4.45. The Morgan fingerprint density at radius 1 is 0.714 bits per heavy atom. The number of carboxylic acid groups (broad SMARTS) is 2. The largest absolute Gasteiger partial charge is 0.480 e. The Morgan fingerprint density at radius 3 is 1.14 bits per heavy atom. The molecule has 2 aliphatic rings. The third-order valence-corrected chi connectivity index (χ3v) is 9.69. The number of rotatable bonds is 2. The van der Waals surface area contributed by atoms with Crippen LogP contribution in [0.4, 0.5) is 0 Å². The fourth-order valence-corrected chi connectivity index (χ4v) is 6.97. The van der Waals surface area contributed by atoms with Gasteiger partial charge in [0.2, 0.25) is 9.75 Å². The average Bonchev–Trinajstić information content (AvgIpc) is 2.53. The first-order valence-electron chi connectivity index (χ1n) is 4.87. The summed E-state index contributed by atoms with van der Waals surface area (Å²) in [7, 11) is 0. The quantitative estimate of drug-likeness (QED) is 0.616. The van der Waals surface area contributed by atoms with Crippen molar-refractivity contribution in [2.45, 2.75) is 23.8 Å². The van der Waals surface area contributed by atoms with Gasteiger partial charge in [0.15, 0.2) is 4.33 Å². The standard InChI is InChI=1S/C9H2Cl8O4/c10-1-2(11)6(13)8(15,4(20)21)7(14,3(18)19)5(1,12)9(6,16)17/h(H,18,19)(H,20,21). The number of halogens is 8. The SMILES string of the molecule is O=C(O)C1(Cl)C2(Cl)C(Cl)=C(Cl)C(Cl)(C2(Cl)Cl)C1(Cl)C(=O)O. The zero-order chi connectivity index (χ0) is 16.8. The van der Waals surface area contributed by atoms with Crippen LogP contribution in [0.25, 0.3) is 0 Å². The fraction of sp³-hybridized carbons (Fsp3) is 0.556. The van der Waals surface area contributed by atoms with E-state index in [9.17, 15) is 19.8 Å². The number of alkyl halides is 6.